The fourth-order valence-electron chi connectivity index (χ4n) is 3.20. The molecule has 1 aromatic carbocycles. The molecule has 3 rings (SSSR count). The maximum Gasteiger partial charge on any atom is 0.145 e. The SMILES string of the molecule is COc1ccc(C2(N)CCCCC2)c2cccnc12. The Hall–Kier alpha value is -1.61. The highest BCUT2D eigenvalue weighted by Gasteiger charge is 2.31. The summed E-state index contributed by atoms with van der Waals surface area (Å²) in [5, 5.41) is 1.13. The van der Waals surface area contributed by atoms with Crippen LogP contribution in [0.5, 0.6) is 5.75 Å². The molecule has 0 unspecified atom stereocenters. The maximum atomic E-state index is 6.67. The van der Waals surface area contributed by atoms with Crippen LogP contribution in [0.25, 0.3) is 10.9 Å². The first kappa shape index (κ1) is 12.4. The first-order chi connectivity index (χ1) is 9.24. The molecule has 0 spiro atoms. The molecule has 1 aromatic heterocycles. The number of fused-ring (bicyclic) bond motifs is 1. The van der Waals surface area contributed by atoms with E-state index in [2.05, 4.69) is 17.1 Å². The average molecular weight is 256 g/mol. The number of aromatic nitrogens is 1. The van der Waals surface area contributed by atoms with Gasteiger partial charge in [-0.1, -0.05) is 31.4 Å². The Bertz CT molecular complexity index is 588. The van der Waals surface area contributed by atoms with Gasteiger partial charge in [0.15, 0.2) is 0 Å². The highest BCUT2D eigenvalue weighted by atomic mass is 16.5. The molecule has 1 fully saturated rings. The Morgan fingerprint density at radius 1 is 1.16 bits per heavy atom. The highest BCUT2D eigenvalue weighted by molar-refractivity contribution is 5.88. The molecule has 0 amide bonds. The average Bonchev–Trinajstić information content (AvgIpc) is 2.46. The fraction of sp³-hybridized carbons (Fsp3) is 0.438. The zero-order valence-corrected chi connectivity index (χ0v) is 11.4. The first-order valence-corrected chi connectivity index (χ1v) is 6.96. The topological polar surface area (TPSA) is 48.1 Å². The third-order valence-corrected chi connectivity index (χ3v) is 4.23. The molecule has 1 heterocycles. The molecule has 0 bridgehead atoms. The Morgan fingerprint density at radius 3 is 2.68 bits per heavy atom. The van der Waals surface area contributed by atoms with Crippen molar-refractivity contribution in [1.82, 2.24) is 4.98 Å². The van der Waals surface area contributed by atoms with Crippen LogP contribution >= 0.6 is 0 Å². The number of hydrogen-bond acceptors (Lipinski definition) is 3. The second-order valence-electron chi connectivity index (χ2n) is 5.43. The van der Waals surface area contributed by atoms with Crippen LogP contribution in [-0.2, 0) is 5.54 Å². The van der Waals surface area contributed by atoms with E-state index in [0.29, 0.717) is 0 Å². The van der Waals surface area contributed by atoms with Crippen molar-refractivity contribution >= 4 is 10.9 Å². The number of nitrogens with zero attached hydrogens (tertiary/aromatic N) is 1. The Balaban J connectivity index is 2.19. The molecule has 2 N–H and O–H groups in total. The van der Waals surface area contributed by atoms with E-state index >= 15 is 0 Å². The highest BCUT2D eigenvalue weighted by Crippen LogP contribution is 2.39. The summed E-state index contributed by atoms with van der Waals surface area (Å²) in [7, 11) is 1.68. The van der Waals surface area contributed by atoms with Crippen LogP contribution in [0.4, 0.5) is 0 Å². The van der Waals surface area contributed by atoms with Gasteiger partial charge in [0.1, 0.15) is 11.3 Å². The molecule has 0 atom stereocenters. The number of hydrogen-bond donors (Lipinski definition) is 1. The van der Waals surface area contributed by atoms with Crippen molar-refractivity contribution in [2.24, 2.45) is 5.73 Å². The smallest absolute Gasteiger partial charge is 0.145 e. The van der Waals surface area contributed by atoms with Gasteiger partial charge in [-0.05, 0) is 30.5 Å². The lowest BCUT2D eigenvalue weighted by Crippen LogP contribution is -2.38. The van der Waals surface area contributed by atoms with Crippen LogP contribution in [0.3, 0.4) is 0 Å². The van der Waals surface area contributed by atoms with E-state index in [1.807, 2.05) is 12.1 Å². The van der Waals surface area contributed by atoms with Gasteiger partial charge in [-0.15, -0.1) is 0 Å². The van der Waals surface area contributed by atoms with Gasteiger partial charge in [-0.3, -0.25) is 4.98 Å². The molecule has 2 aromatic rings. The minimum absolute atomic E-state index is 0.203. The Kier molecular flexibility index (Phi) is 3.15. The van der Waals surface area contributed by atoms with Gasteiger partial charge < -0.3 is 10.5 Å². The van der Waals surface area contributed by atoms with E-state index in [-0.39, 0.29) is 5.54 Å². The van der Waals surface area contributed by atoms with Gasteiger partial charge in [-0.25, -0.2) is 0 Å². The predicted octanol–water partition coefficient (Wildman–Crippen LogP) is 3.36. The largest absolute Gasteiger partial charge is 0.494 e. The number of methoxy groups -OCH3 is 1. The van der Waals surface area contributed by atoms with Crippen molar-refractivity contribution in [3.05, 3.63) is 36.0 Å². The van der Waals surface area contributed by atoms with E-state index in [1.165, 1.54) is 24.8 Å². The molecule has 1 saturated carbocycles. The summed E-state index contributed by atoms with van der Waals surface area (Å²) < 4.78 is 5.40. The quantitative estimate of drug-likeness (QED) is 0.896. The summed E-state index contributed by atoms with van der Waals surface area (Å²) >= 11 is 0. The third kappa shape index (κ3) is 2.08. The van der Waals surface area contributed by atoms with Gasteiger partial charge in [0.2, 0.25) is 0 Å². The molecule has 0 radical (unpaired) electrons. The number of rotatable bonds is 2. The molecular formula is C16H20N2O. The second-order valence-corrected chi connectivity index (χ2v) is 5.43. The first-order valence-electron chi connectivity index (χ1n) is 6.96. The van der Waals surface area contributed by atoms with Crippen LogP contribution in [-0.4, -0.2) is 12.1 Å². The number of pyridine rings is 1. The van der Waals surface area contributed by atoms with E-state index < -0.39 is 0 Å². The van der Waals surface area contributed by atoms with Crippen LogP contribution in [0.15, 0.2) is 30.5 Å². The zero-order chi connectivity index (χ0) is 13.3. The van der Waals surface area contributed by atoms with Crippen LogP contribution in [0, 0.1) is 0 Å². The molecule has 3 heteroatoms. The Labute approximate surface area is 113 Å². The lowest BCUT2D eigenvalue weighted by molar-refractivity contribution is 0.304. The predicted molar refractivity (Wildman–Crippen MR) is 77.2 cm³/mol. The molecule has 1 aliphatic carbocycles. The Morgan fingerprint density at radius 2 is 1.95 bits per heavy atom. The fourth-order valence-corrected chi connectivity index (χ4v) is 3.20. The van der Waals surface area contributed by atoms with Crippen LogP contribution < -0.4 is 10.5 Å². The van der Waals surface area contributed by atoms with Gasteiger partial charge in [0, 0.05) is 17.1 Å². The van der Waals surface area contributed by atoms with E-state index in [9.17, 15) is 0 Å². The van der Waals surface area contributed by atoms with Gasteiger partial charge in [0.05, 0.1) is 7.11 Å². The summed E-state index contributed by atoms with van der Waals surface area (Å²) in [4.78, 5) is 4.46. The maximum absolute atomic E-state index is 6.67. The van der Waals surface area contributed by atoms with Gasteiger partial charge >= 0.3 is 0 Å². The summed E-state index contributed by atoms with van der Waals surface area (Å²) in [5.74, 6) is 0.818. The van der Waals surface area contributed by atoms with E-state index in [0.717, 1.165) is 29.5 Å². The van der Waals surface area contributed by atoms with Crippen molar-refractivity contribution in [3.63, 3.8) is 0 Å². The lowest BCUT2D eigenvalue weighted by atomic mass is 9.76. The monoisotopic (exact) mass is 256 g/mol. The van der Waals surface area contributed by atoms with Gasteiger partial charge in [-0.2, -0.15) is 0 Å². The van der Waals surface area contributed by atoms with Crippen molar-refractivity contribution in [3.8, 4) is 5.75 Å². The molecule has 3 nitrogen and oxygen atoms in total. The minimum atomic E-state index is -0.203. The van der Waals surface area contributed by atoms with Crippen LogP contribution in [0.2, 0.25) is 0 Å². The summed E-state index contributed by atoms with van der Waals surface area (Å²) in [6, 6.07) is 8.18. The van der Waals surface area contributed by atoms with Crippen molar-refractivity contribution in [1.29, 1.82) is 0 Å². The van der Waals surface area contributed by atoms with Gasteiger partial charge in [0.25, 0.3) is 0 Å². The molecular weight excluding hydrogens is 236 g/mol. The summed E-state index contributed by atoms with van der Waals surface area (Å²) in [5.41, 5.74) is 8.60. The molecule has 0 aliphatic heterocycles. The van der Waals surface area contributed by atoms with Crippen molar-refractivity contribution in [2.45, 2.75) is 37.6 Å². The lowest BCUT2D eigenvalue weighted by Gasteiger charge is -2.35. The number of ether oxygens (including phenoxy) is 1. The third-order valence-electron chi connectivity index (χ3n) is 4.23. The summed E-state index contributed by atoms with van der Waals surface area (Å²) in [6.07, 6.45) is 7.64. The molecule has 19 heavy (non-hydrogen) atoms. The second kappa shape index (κ2) is 4.82. The standard InChI is InChI=1S/C16H20N2O/c1-19-14-8-7-13(12-6-5-11-18-15(12)14)16(17)9-3-2-4-10-16/h5-8,11H,2-4,9-10,17H2,1H3. The van der Waals surface area contributed by atoms with Crippen molar-refractivity contribution < 1.29 is 4.74 Å². The number of benzene rings is 1. The normalized spacial score (nSPS) is 18.4. The van der Waals surface area contributed by atoms with Crippen molar-refractivity contribution in [2.75, 3.05) is 7.11 Å². The minimum Gasteiger partial charge on any atom is -0.494 e. The molecule has 100 valence electrons. The molecule has 1 aliphatic rings. The van der Waals surface area contributed by atoms with E-state index in [4.69, 9.17) is 10.5 Å². The van der Waals surface area contributed by atoms with E-state index in [1.54, 1.807) is 13.3 Å². The summed E-state index contributed by atoms with van der Waals surface area (Å²) in [6.45, 7) is 0. The zero-order valence-electron chi connectivity index (χ0n) is 11.4. The number of nitrogens with two attached hydrogens (primary N) is 1. The van der Waals surface area contributed by atoms with Crippen LogP contribution in [0.1, 0.15) is 37.7 Å². The molecule has 0 saturated heterocycles.